The van der Waals surface area contributed by atoms with Gasteiger partial charge in [-0.2, -0.15) is 0 Å². The molecule has 0 bridgehead atoms. The lowest BCUT2D eigenvalue weighted by molar-refractivity contribution is -0.159. The standard InChI is InChI=1S/C29H27NO6/c1-20-26(30-27(36-20)23-10-6-3-7-11-23)16-17-34-24-14-12-21(13-15-24)18-25(28(31)32)29(33)35-19-22-8-4-2-5-9-22/h2-15,25H,16-19H2,1H3,(H,31,32). The maximum atomic E-state index is 12.4. The molecular weight excluding hydrogens is 458 g/mol. The van der Waals surface area contributed by atoms with Crippen LogP contribution < -0.4 is 4.74 Å². The summed E-state index contributed by atoms with van der Waals surface area (Å²) in [6.07, 6.45) is 0.613. The number of oxazole rings is 1. The van der Waals surface area contributed by atoms with Gasteiger partial charge in [-0.1, -0.05) is 60.7 Å². The molecule has 0 saturated heterocycles. The van der Waals surface area contributed by atoms with Crippen LogP contribution in [-0.2, 0) is 33.8 Å². The van der Waals surface area contributed by atoms with Gasteiger partial charge in [-0.05, 0) is 48.7 Å². The van der Waals surface area contributed by atoms with Gasteiger partial charge in [0.1, 0.15) is 18.1 Å². The number of carbonyl (C=O) groups excluding carboxylic acids is 1. The highest BCUT2D eigenvalue weighted by atomic mass is 16.5. The molecule has 0 aliphatic rings. The number of carbonyl (C=O) groups is 2. The fraction of sp³-hybridized carbons (Fsp3) is 0.207. The first kappa shape index (κ1) is 24.7. The number of ether oxygens (including phenoxy) is 2. The number of rotatable bonds is 11. The monoisotopic (exact) mass is 485 g/mol. The van der Waals surface area contributed by atoms with E-state index in [0.29, 0.717) is 30.2 Å². The molecule has 0 fully saturated rings. The zero-order valence-electron chi connectivity index (χ0n) is 19.9. The third kappa shape index (κ3) is 6.60. The number of carboxylic acid groups (broad SMARTS) is 1. The number of hydrogen-bond donors (Lipinski definition) is 1. The molecule has 0 saturated carbocycles. The van der Waals surface area contributed by atoms with Gasteiger partial charge >= 0.3 is 11.9 Å². The maximum absolute atomic E-state index is 12.4. The molecule has 0 amide bonds. The number of benzene rings is 3. The van der Waals surface area contributed by atoms with Gasteiger partial charge in [0.05, 0.1) is 12.3 Å². The van der Waals surface area contributed by atoms with Crippen molar-refractivity contribution in [3.05, 3.63) is 108 Å². The smallest absolute Gasteiger partial charge is 0.320 e. The number of hydrogen-bond acceptors (Lipinski definition) is 6. The van der Waals surface area contributed by atoms with Gasteiger partial charge < -0.3 is 19.0 Å². The van der Waals surface area contributed by atoms with Crippen molar-refractivity contribution in [2.45, 2.75) is 26.4 Å². The number of aryl methyl sites for hydroxylation is 1. The van der Waals surface area contributed by atoms with E-state index in [1.165, 1.54) is 0 Å². The minimum Gasteiger partial charge on any atom is -0.493 e. The van der Waals surface area contributed by atoms with Crippen LogP contribution in [0.15, 0.2) is 89.3 Å². The Morgan fingerprint density at radius 1 is 0.917 bits per heavy atom. The third-order valence-corrected chi connectivity index (χ3v) is 5.69. The van der Waals surface area contributed by atoms with Crippen LogP contribution in [0.1, 0.15) is 22.6 Å². The largest absolute Gasteiger partial charge is 0.493 e. The van der Waals surface area contributed by atoms with Crippen LogP contribution in [0.3, 0.4) is 0 Å². The number of nitrogens with zero attached hydrogens (tertiary/aromatic N) is 1. The molecule has 184 valence electrons. The second-order valence-electron chi connectivity index (χ2n) is 8.32. The quantitative estimate of drug-likeness (QED) is 0.229. The number of aliphatic carboxylic acids is 1. The molecule has 7 nitrogen and oxygen atoms in total. The van der Waals surface area contributed by atoms with Crippen LogP contribution in [0.2, 0.25) is 0 Å². The molecule has 0 spiro atoms. The Kier molecular flexibility index (Phi) is 8.13. The predicted molar refractivity (Wildman–Crippen MR) is 133 cm³/mol. The van der Waals surface area contributed by atoms with Crippen LogP contribution in [0, 0.1) is 12.8 Å². The molecule has 36 heavy (non-hydrogen) atoms. The predicted octanol–water partition coefficient (Wildman–Crippen LogP) is 5.26. The van der Waals surface area contributed by atoms with E-state index in [2.05, 4.69) is 4.98 Å². The van der Waals surface area contributed by atoms with E-state index in [4.69, 9.17) is 13.9 Å². The second-order valence-corrected chi connectivity index (χ2v) is 8.32. The lowest BCUT2D eigenvalue weighted by atomic mass is 9.99. The molecule has 7 heteroatoms. The fourth-order valence-corrected chi connectivity index (χ4v) is 3.69. The Bertz CT molecular complexity index is 1280. The average molecular weight is 486 g/mol. The number of aromatic nitrogens is 1. The SMILES string of the molecule is Cc1oc(-c2ccccc2)nc1CCOc1ccc(CC(C(=O)O)C(=O)OCc2ccccc2)cc1. The van der Waals surface area contributed by atoms with Crippen molar-refractivity contribution >= 4 is 11.9 Å². The van der Waals surface area contributed by atoms with E-state index in [1.807, 2.05) is 67.6 Å². The van der Waals surface area contributed by atoms with E-state index in [1.54, 1.807) is 24.3 Å². The van der Waals surface area contributed by atoms with Gasteiger partial charge in [0.2, 0.25) is 5.89 Å². The third-order valence-electron chi connectivity index (χ3n) is 5.69. The van der Waals surface area contributed by atoms with E-state index >= 15 is 0 Å². The highest BCUT2D eigenvalue weighted by molar-refractivity contribution is 5.94. The molecule has 1 heterocycles. The summed E-state index contributed by atoms with van der Waals surface area (Å²) < 4.78 is 16.8. The molecule has 1 N–H and O–H groups in total. The van der Waals surface area contributed by atoms with Gasteiger partial charge in [-0.25, -0.2) is 4.98 Å². The van der Waals surface area contributed by atoms with Crippen LogP contribution in [0.25, 0.3) is 11.5 Å². The summed E-state index contributed by atoms with van der Waals surface area (Å²) in [5.41, 5.74) is 3.26. The topological polar surface area (TPSA) is 98.9 Å². The zero-order valence-corrected chi connectivity index (χ0v) is 19.9. The minimum atomic E-state index is -1.28. The molecule has 4 aromatic rings. The van der Waals surface area contributed by atoms with Gasteiger partial charge in [0.15, 0.2) is 5.92 Å². The summed E-state index contributed by atoms with van der Waals surface area (Å²) >= 11 is 0. The van der Waals surface area contributed by atoms with Crippen molar-refractivity contribution in [1.82, 2.24) is 4.98 Å². The molecule has 0 aliphatic carbocycles. The molecular formula is C29H27NO6. The van der Waals surface area contributed by atoms with Gasteiger partial charge in [0.25, 0.3) is 0 Å². The van der Waals surface area contributed by atoms with Crippen LogP contribution in [0.5, 0.6) is 5.75 Å². The Morgan fingerprint density at radius 3 is 2.25 bits per heavy atom. The lowest BCUT2D eigenvalue weighted by Crippen LogP contribution is -2.27. The van der Waals surface area contributed by atoms with E-state index in [-0.39, 0.29) is 13.0 Å². The summed E-state index contributed by atoms with van der Waals surface area (Å²) in [7, 11) is 0. The second kappa shape index (κ2) is 11.8. The molecule has 1 aromatic heterocycles. The maximum Gasteiger partial charge on any atom is 0.320 e. The molecule has 0 radical (unpaired) electrons. The highest BCUT2D eigenvalue weighted by Crippen LogP contribution is 2.22. The number of esters is 1. The number of carboxylic acids is 1. The fourth-order valence-electron chi connectivity index (χ4n) is 3.69. The lowest BCUT2D eigenvalue weighted by Gasteiger charge is -2.13. The van der Waals surface area contributed by atoms with E-state index < -0.39 is 17.9 Å². The normalized spacial score (nSPS) is 11.6. The van der Waals surface area contributed by atoms with Crippen LogP contribution in [0.4, 0.5) is 0 Å². The van der Waals surface area contributed by atoms with Crippen molar-refractivity contribution in [2.75, 3.05) is 6.61 Å². The van der Waals surface area contributed by atoms with Crippen molar-refractivity contribution in [1.29, 1.82) is 0 Å². The molecule has 1 unspecified atom stereocenters. The van der Waals surface area contributed by atoms with Gasteiger partial charge in [-0.3, -0.25) is 9.59 Å². The minimum absolute atomic E-state index is 0.0314. The van der Waals surface area contributed by atoms with E-state index in [9.17, 15) is 14.7 Å². The van der Waals surface area contributed by atoms with Crippen LogP contribution in [-0.4, -0.2) is 28.6 Å². The average Bonchev–Trinajstić information content (AvgIpc) is 3.28. The van der Waals surface area contributed by atoms with Crippen molar-refractivity contribution in [2.24, 2.45) is 5.92 Å². The van der Waals surface area contributed by atoms with Crippen molar-refractivity contribution < 1.29 is 28.6 Å². The Balaban J connectivity index is 1.28. The van der Waals surface area contributed by atoms with Crippen molar-refractivity contribution in [3.8, 4) is 17.2 Å². The van der Waals surface area contributed by atoms with E-state index in [0.717, 1.165) is 22.6 Å². The first-order chi connectivity index (χ1) is 17.5. The van der Waals surface area contributed by atoms with Gasteiger partial charge in [0, 0.05) is 12.0 Å². The molecule has 1 atom stereocenters. The molecule has 0 aliphatic heterocycles. The summed E-state index contributed by atoms with van der Waals surface area (Å²) in [6, 6.07) is 25.9. The summed E-state index contributed by atoms with van der Waals surface area (Å²) in [5, 5.41) is 9.54. The van der Waals surface area contributed by atoms with Gasteiger partial charge in [-0.15, -0.1) is 0 Å². The zero-order chi connectivity index (χ0) is 25.3. The van der Waals surface area contributed by atoms with Crippen LogP contribution >= 0.6 is 0 Å². The first-order valence-corrected chi connectivity index (χ1v) is 11.7. The van der Waals surface area contributed by atoms with Crippen molar-refractivity contribution in [3.63, 3.8) is 0 Å². The Morgan fingerprint density at radius 2 is 1.58 bits per heavy atom. The summed E-state index contributed by atoms with van der Waals surface area (Å²) in [6.45, 7) is 2.33. The molecule has 4 rings (SSSR count). The Hall–Kier alpha value is -4.39. The summed E-state index contributed by atoms with van der Waals surface area (Å²) in [4.78, 5) is 28.6. The summed E-state index contributed by atoms with van der Waals surface area (Å²) in [5.74, 6) is -1.28. The first-order valence-electron chi connectivity index (χ1n) is 11.7. The molecule has 3 aromatic carbocycles. The highest BCUT2D eigenvalue weighted by Gasteiger charge is 2.28. The Labute approximate surface area is 209 Å².